The number of likely N-dealkylation sites (tertiary alicyclic amines) is 1. The molecule has 4 rings (SSSR count). The zero-order valence-electron chi connectivity index (χ0n) is 20.7. The Hall–Kier alpha value is -2.74. The Morgan fingerprint density at radius 3 is 2.54 bits per heavy atom. The number of aryl methyl sites for hydroxylation is 1. The molecule has 0 unspecified atom stereocenters. The predicted octanol–water partition coefficient (Wildman–Crippen LogP) is 4.99. The van der Waals surface area contributed by atoms with Crippen LogP contribution in [-0.2, 0) is 17.8 Å². The summed E-state index contributed by atoms with van der Waals surface area (Å²) >= 11 is 6.08. The molecule has 1 aliphatic heterocycles. The van der Waals surface area contributed by atoms with Crippen molar-refractivity contribution in [2.75, 3.05) is 40.5 Å². The summed E-state index contributed by atoms with van der Waals surface area (Å²) in [5.74, 6) is 2.26. The third kappa shape index (κ3) is 6.90. The van der Waals surface area contributed by atoms with Crippen LogP contribution in [0.5, 0.6) is 17.2 Å². The summed E-state index contributed by atoms with van der Waals surface area (Å²) in [5.41, 5.74) is 2.04. The van der Waals surface area contributed by atoms with Crippen LogP contribution in [0, 0.1) is 6.92 Å². The van der Waals surface area contributed by atoms with Crippen LogP contribution < -0.4 is 14.2 Å². The molecule has 1 aromatic heterocycles. The van der Waals surface area contributed by atoms with Crippen LogP contribution in [0.1, 0.15) is 24.0 Å². The highest BCUT2D eigenvalue weighted by Gasteiger charge is 2.35. The first kappa shape index (κ1) is 25.4. The van der Waals surface area contributed by atoms with Gasteiger partial charge in [-0.3, -0.25) is 9.58 Å². The van der Waals surface area contributed by atoms with Gasteiger partial charge in [0.1, 0.15) is 24.6 Å². The van der Waals surface area contributed by atoms with Crippen LogP contribution in [0.3, 0.4) is 0 Å². The molecule has 0 saturated carbocycles. The summed E-state index contributed by atoms with van der Waals surface area (Å²) in [4.78, 5) is 2.44. The van der Waals surface area contributed by atoms with Crippen molar-refractivity contribution < 1.29 is 18.9 Å². The Morgan fingerprint density at radius 1 is 1.03 bits per heavy atom. The molecule has 0 aliphatic carbocycles. The van der Waals surface area contributed by atoms with Crippen LogP contribution >= 0.6 is 11.6 Å². The van der Waals surface area contributed by atoms with Crippen LogP contribution in [0.15, 0.2) is 54.9 Å². The molecule has 35 heavy (non-hydrogen) atoms. The Labute approximate surface area is 212 Å². The lowest BCUT2D eigenvalue weighted by Crippen LogP contribution is -2.48. The maximum Gasteiger partial charge on any atom is 0.161 e. The van der Waals surface area contributed by atoms with E-state index in [-0.39, 0.29) is 5.60 Å². The number of hydrogen-bond donors (Lipinski definition) is 0. The molecule has 3 aromatic rings. The molecular formula is C27H34ClN3O4. The number of nitrogens with zero attached hydrogens (tertiary/aromatic N) is 3. The number of aromatic nitrogens is 2. The van der Waals surface area contributed by atoms with Crippen molar-refractivity contribution in [3.63, 3.8) is 0 Å². The first-order valence-electron chi connectivity index (χ1n) is 11.9. The third-order valence-electron chi connectivity index (χ3n) is 6.47. The molecule has 1 fully saturated rings. The van der Waals surface area contributed by atoms with Crippen LogP contribution in [0.4, 0.5) is 0 Å². The van der Waals surface area contributed by atoms with Gasteiger partial charge in [-0.25, -0.2) is 0 Å². The summed E-state index contributed by atoms with van der Waals surface area (Å²) in [6, 6.07) is 13.6. The van der Waals surface area contributed by atoms with Gasteiger partial charge >= 0.3 is 0 Å². The van der Waals surface area contributed by atoms with E-state index in [1.807, 2.05) is 54.3 Å². The standard InChI is InChI=1S/C27H34ClN3O4/c1-21-17-29-31(18-21)13-14-34-25-8-7-22(15-26(25)32-2)19-30-11-9-27(33-3,10-12-30)20-35-24-6-4-5-23(28)16-24/h4-8,15-18H,9-14,19-20H2,1-3H3. The van der Waals surface area contributed by atoms with Gasteiger partial charge in [0.05, 0.1) is 19.9 Å². The number of benzene rings is 2. The maximum absolute atomic E-state index is 6.08. The average Bonchev–Trinajstić information content (AvgIpc) is 3.29. The van der Waals surface area contributed by atoms with E-state index in [4.69, 9.17) is 30.5 Å². The van der Waals surface area contributed by atoms with Gasteiger partial charge in [-0.15, -0.1) is 0 Å². The van der Waals surface area contributed by atoms with Gasteiger partial charge in [-0.05, 0) is 61.2 Å². The van der Waals surface area contributed by atoms with E-state index in [2.05, 4.69) is 22.1 Å². The lowest BCUT2D eigenvalue weighted by molar-refractivity contribution is -0.0839. The smallest absolute Gasteiger partial charge is 0.161 e. The van der Waals surface area contributed by atoms with Gasteiger partial charge in [-0.1, -0.05) is 23.7 Å². The fourth-order valence-electron chi connectivity index (χ4n) is 4.32. The van der Waals surface area contributed by atoms with Crippen molar-refractivity contribution in [3.8, 4) is 17.2 Å². The van der Waals surface area contributed by atoms with E-state index < -0.39 is 0 Å². The SMILES string of the molecule is COc1cc(CN2CCC(COc3cccc(Cl)c3)(OC)CC2)ccc1OCCn1cc(C)cn1. The van der Waals surface area contributed by atoms with E-state index in [1.54, 1.807) is 14.2 Å². The van der Waals surface area contributed by atoms with Crippen molar-refractivity contribution in [1.29, 1.82) is 0 Å². The van der Waals surface area contributed by atoms with E-state index in [0.29, 0.717) is 24.8 Å². The lowest BCUT2D eigenvalue weighted by Gasteiger charge is -2.40. The molecule has 0 amide bonds. The second kappa shape index (κ2) is 11.8. The minimum Gasteiger partial charge on any atom is -0.493 e. The van der Waals surface area contributed by atoms with Gasteiger partial charge in [0.25, 0.3) is 0 Å². The van der Waals surface area contributed by atoms with E-state index in [9.17, 15) is 0 Å². The predicted molar refractivity (Wildman–Crippen MR) is 137 cm³/mol. The Balaban J connectivity index is 1.28. The number of rotatable bonds is 11. The monoisotopic (exact) mass is 499 g/mol. The average molecular weight is 500 g/mol. The topological polar surface area (TPSA) is 58.0 Å². The maximum atomic E-state index is 6.08. The first-order chi connectivity index (χ1) is 17.0. The summed E-state index contributed by atoms with van der Waals surface area (Å²) in [5, 5.41) is 4.96. The number of ether oxygens (including phenoxy) is 4. The Morgan fingerprint density at radius 2 is 1.86 bits per heavy atom. The number of piperidine rings is 1. The Bertz CT molecular complexity index is 1100. The second-order valence-electron chi connectivity index (χ2n) is 9.02. The van der Waals surface area contributed by atoms with Crippen molar-refractivity contribution in [1.82, 2.24) is 14.7 Å². The lowest BCUT2D eigenvalue weighted by atomic mass is 9.91. The molecule has 0 atom stereocenters. The summed E-state index contributed by atoms with van der Waals surface area (Å²) in [7, 11) is 3.45. The highest BCUT2D eigenvalue weighted by Crippen LogP contribution is 2.31. The zero-order chi connectivity index (χ0) is 24.7. The minimum atomic E-state index is -0.290. The second-order valence-corrected chi connectivity index (χ2v) is 9.46. The number of methoxy groups -OCH3 is 2. The largest absolute Gasteiger partial charge is 0.493 e. The highest BCUT2D eigenvalue weighted by atomic mass is 35.5. The fourth-order valence-corrected chi connectivity index (χ4v) is 4.50. The minimum absolute atomic E-state index is 0.290. The molecule has 7 nitrogen and oxygen atoms in total. The van der Waals surface area contributed by atoms with E-state index in [1.165, 1.54) is 5.56 Å². The molecule has 0 spiro atoms. The molecule has 1 aliphatic rings. The quantitative estimate of drug-likeness (QED) is 0.370. The molecule has 2 heterocycles. The highest BCUT2D eigenvalue weighted by molar-refractivity contribution is 6.30. The van der Waals surface area contributed by atoms with Crippen molar-refractivity contribution >= 4 is 11.6 Å². The van der Waals surface area contributed by atoms with Gasteiger partial charge in [0.15, 0.2) is 11.5 Å². The van der Waals surface area contributed by atoms with Crippen LogP contribution in [-0.4, -0.2) is 60.8 Å². The van der Waals surface area contributed by atoms with E-state index in [0.717, 1.165) is 55.3 Å². The molecule has 8 heteroatoms. The zero-order valence-corrected chi connectivity index (χ0v) is 21.5. The third-order valence-corrected chi connectivity index (χ3v) is 6.71. The molecule has 188 valence electrons. The van der Waals surface area contributed by atoms with E-state index >= 15 is 0 Å². The molecule has 0 N–H and O–H groups in total. The van der Waals surface area contributed by atoms with Crippen molar-refractivity contribution in [2.45, 2.75) is 38.5 Å². The van der Waals surface area contributed by atoms with Gasteiger partial charge in [0.2, 0.25) is 0 Å². The van der Waals surface area contributed by atoms with Gasteiger partial charge in [0, 0.05) is 38.0 Å². The molecule has 1 saturated heterocycles. The van der Waals surface area contributed by atoms with Crippen LogP contribution in [0.2, 0.25) is 5.02 Å². The van der Waals surface area contributed by atoms with Crippen molar-refractivity contribution in [3.05, 3.63) is 71.0 Å². The summed E-state index contributed by atoms with van der Waals surface area (Å²) in [6.45, 7) is 6.45. The van der Waals surface area contributed by atoms with Crippen molar-refractivity contribution in [2.24, 2.45) is 0 Å². The van der Waals surface area contributed by atoms with Gasteiger partial charge in [-0.2, -0.15) is 5.10 Å². The number of halogens is 1. The molecular weight excluding hydrogens is 466 g/mol. The summed E-state index contributed by atoms with van der Waals surface area (Å²) < 4.78 is 25.4. The number of hydrogen-bond acceptors (Lipinski definition) is 6. The molecule has 0 bridgehead atoms. The normalized spacial score (nSPS) is 15.7. The Kier molecular flexibility index (Phi) is 8.55. The molecule has 0 radical (unpaired) electrons. The molecule has 2 aromatic carbocycles. The first-order valence-corrected chi connectivity index (χ1v) is 12.3. The fraction of sp³-hybridized carbons (Fsp3) is 0.444. The van der Waals surface area contributed by atoms with Crippen LogP contribution in [0.25, 0.3) is 0 Å². The van der Waals surface area contributed by atoms with Gasteiger partial charge < -0.3 is 18.9 Å². The summed E-state index contributed by atoms with van der Waals surface area (Å²) in [6.07, 6.45) is 5.65.